The van der Waals surface area contributed by atoms with Crippen molar-refractivity contribution in [2.75, 3.05) is 28.3 Å². The van der Waals surface area contributed by atoms with Gasteiger partial charge in [-0.3, -0.25) is 10.3 Å². The number of hydrazine groups is 1. The van der Waals surface area contributed by atoms with Gasteiger partial charge in [0, 0.05) is 24.5 Å². The molecule has 2 aromatic carbocycles. The molecule has 7 heteroatoms. The second kappa shape index (κ2) is 8.67. The Morgan fingerprint density at radius 2 is 1.32 bits per heavy atom. The van der Waals surface area contributed by atoms with Crippen molar-refractivity contribution in [3.8, 4) is 0 Å². The standard InChI is InChI=1S/C21H25N7/c22-26-19-23-20(27-15-9-1-2-10-16-27)25-21(24-19)28(17-11-5-3-6-12-17)18-13-7-4-8-14-18/h3-8,11-14H,1-2,9-10,15-16,22H2,(H,23,24,25,26). The number of anilines is 5. The number of nitrogens with one attached hydrogen (secondary N) is 1. The van der Waals surface area contributed by atoms with Crippen LogP contribution in [0.2, 0.25) is 0 Å². The lowest BCUT2D eigenvalue weighted by Crippen LogP contribution is -2.28. The summed E-state index contributed by atoms with van der Waals surface area (Å²) in [6.07, 6.45) is 4.79. The van der Waals surface area contributed by atoms with Gasteiger partial charge in [-0.05, 0) is 37.1 Å². The molecular formula is C21H25N7. The Labute approximate surface area is 165 Å². The number of hydrogen-bond donors (Lipinski definition) is 2. The van der Waals surface area contributed by atoms with E-state index in [0.717, 1.165) is 37.3 Å². The summed E-state index contributed by atoms with van der Waals surface area (Å²) >= 11 is 0. The van der Waals surface area contributed by atoms with E-state index in [1.54, 1.807) is 0 Å². The fourth-order valence-electron chi connectivity index (χ4n) is 3.46. The molecule has 7 nitrogen and oxygen atoms in total. The van der Waals surface area contributed by atoms with Gasteiger partial charge in [-0.25, -0.2) is 5.84 Å². The molecule has 1 saturated heterocycles. The number of nitrogen functional groups attached to an aromatic ring is 1. The van der Waals surface area contributed by atoms with E-state index in [9.17, 15) is 0 Å². The lowest BCUT2D eigenvalue weighted by molar-refractivity contribution is 0.726. The van der Waals surface area contributed by atoms with Crippen molar-refractivity contribution < 1.29 is 0 Å². The van der Waals surface area contributed by atoms with Crippen molar-refractivity contribution in [1.82, 2.24) is 15.0 Å². The SMILES string of the molecule is NNc1nc(N2CCCCCC2)nc(N(c2ccccc2)c2ccccc2)n1. The van der Waals surface area contributed by atoms with Gasteiger partial charge in [0.2, 0.25) is 17.8 Å². The quantitative estimate of drug-likeness (QED) is 0.515. The molecule has 0 spiro atoms. The second-order valence-electron chi connectivity index (χ2n) is 6.81. The highest BCUT2D eigenvalue weighted by molar-refractivity contribution is 5.73. The predicted molar refractivity (Wildman–Crippen MR) is 113 cm³/mol. The fraction of sp³-hybridized carbons (Fsp3) is 0.286. The molecule has 1 aliphatic rings. The van der Waals surface area contributed by atoms with Crippen molar-refractivity contribution in [3.63, 3.8) is 0 Å². The van der Waals surface area contributed by atoms with Gasteiger partial charge in [0.1, 0.15) is 0 Å². The zero-order valence-corrected chi connectivity index (χ0v) is 15.8. The summed E-state index contributed by atoms with van der Waals surface area (Å²) in [5.41, 5.74) is 4.56. The number of rotatable bonds is 5. The maximum absolute atomic E-state index is 5.69. The molecule has 0 atom stereocenters. The first kappa shape index (κ1) is 18.2. The summed E-state index contributed by atoms with van der Waals surface area (Å²) < 4.78 is 0. The summed E-state index contributed by atoms with van der Waals surface area (Å²) in [5, 5.41) is 0. The zero-order valence-electron chi connectivity index (χ0n) is 15.8. The second-order valence-corrected chi connectivity index (χ2v) is 6.81. The smallest absolute Gasteiger partial charge is 0.243 e. The minimum Gasteiger partial charge on any atom is -0.341 e. The number of aromatic nitrogens is 3. The van der Waals surface area contributed by atoms with Crippen LogP contribution >= 0.6 is 0 Å². The van der Waals surface area contributed by atoms with Crippen LogP contribution in [0.15, 0.2) is 60.7 Å². The van der Waals surface area contributed by atoms with E-state index in [0.29, 0.717) is 17.8 Å². The maximum atomic E-state index is 5.69. The highest BCUT2D eigenvalue weighted by atomic mass is 15.4. The topological polar surface area (TPSA) is 83.2 Å². The van der Waals surface area contributed by atoms with Gasteiger partial charge < -0.3 is 4.90 Å². The highest BCUT2D eigenvalue weighted by Gasteiger charge is 2.20. The lowest BCUT2D eigenvalue weighted by atomic mass is 10.2. The van der Waals surface area contributed by atoms with Crippen LogP contribution in [0.3, 0.4) is 0 Å². The number of hydrogen-bond acceptors (Lipinski definition) is 7. The summed E-state index contributed by atoms with van der Waals surface area (Å²) in [5.74, 6) is 7.25. The van der Waals surface area contributed by atoms with Crippen LogP contribution < -0.4 is 21.1 Å². The average molecular weight is 375 g/mol. The molecule has 0 radical (unpaired) electrons. The van der Waals surface area contributed by atoms with Crippen molar-refractivity contribution in [1.29, 1.82) is 0 Å². The first-order valence-corrected chi connectivity index (χ1v) is 9.73. The van der Waals surface area contributed by atoms with Crippen molar-refractivity contribution in [2.24, 2.45) is 5.84 Å². The molecule has 3 aromatic rings. The predicted octanol–water partition coefficient (Wildman–Crippen LogP) is 4.01. The van der Waals surface area contributed by atoms with Crippen LogP contribution in [0.25, 0.3) is 0 Å². The monoisotopic (exact) mass is 375 g/mol. The van der Waals surface area contributed by atoms with E-state index < -0.39 is 0 Å². The van der Waals surface area contributed by atoms with Crippen molar-refractivity contribution in [3.05, 3.63) is 60.7 Å². The Hall–Kier alpha value is -3.19. The number of para-hydroxylation sites is 2. The minimum absolute atomic E-state index is 0.362. The van der Waals surface area contributed by atoms with Gasteiger partial charge in [0.05, 0.1) is 0 Å². The van der Waals surface area contributed by atoms with Crippen molar-refractivity contribution in [2.45, 2.75) is 25.7 Å². The first-order chi connectivity index (χ1) is 13.8. The first-order valence-electron chi connectivity index (χ1n) is 9.73. The van der Waals surface area contributed by atoms with Crippen LogP contribution in [0, 0.1) is 0 Å². The van der Waals surface area contributed by atoms with Crippen LogP contribution in [0.4, 0.5) is 29.2 Å². The summed E-state index contributed by atoms with van der Waals surface area (Å²) in [6, 6.07) is 20.2. The van der Waals surface area contributed by atoms with Crippen molar-refractivity contribution >= 4 is 29.2 Å². The van der Waals surface area contributed by atoms with E-state index in [-0.39, 0.29) is 0 Å². The lowest BCUT2D eigenvalue weighted by Gasteiger charge is -2.26. The van der Waals surface area contributed by atoms with E-state index in [4.69, 9.17) is 10.8 Å². The van der Waals surface area contributed by atoms with Crippen LogP contribution in [0.5, 0.6) is 0 Å². The van der Waals surface area contributed by atoms with Crippen LogP contribution in [-0.4, -0.2) is 28.0 Å². The van der Waals surface area contributed by atoms with Gasteiger partial charge in [-0.15, -0.1) is 0 Å². The molecule has 1 aliphatic heterocycles. The number of benzene rings is 2. The summed E-state index contributed by atoms with van der Waals surface area (Å²) in [4.78, 5) is 18.2. The molecule has 1 fully saturated rings. The van der Waals surface area contributed by atoms with Gasteiger partial charge in [-0.2, -0.15) is 15.0 Å². The molecule has 0 amide bonds. The highest BCUT2D eigenvalue weighted by Crippen LogP contribution is 2.33. The molecule has 4 rings (SSSR count). The number of nitrogens with two attached hydrogens (primary N) is 1. The van der Waals surface area contributed by atoms with E-state index in [2.05, 4.69) is 20.3 Å². The van der Waals surface area contributed by atoms with Gasteiger partial charge in [0.15, 0.2) is 0 Å². The minimum atomic E-state index is 0.362. The Kier molecular flexibility index (Phi) is 5.63. The van der Waals surface area contributed by atoms with E-state index in [1.165, 1.54) is 12.8 Å². The molecule has 2 heterocycles. The largest absolute Gasteiger partial charge is 0.341 e. The molecule has 3 N–H and O–H groups in total. The summed E-state index contributed by atoms with van der Waals surface area (Å²) in [7, 11) is 0. The molecule has 28 heavy (non-hydrogen) atoms. The fourth-order valence-corrected chi connectivity index (χ4v) is 3.46. The van der Waals surface area contributed by atoms with E-state index >= 15 is 0 Å². The third kappa shape index (κ3) is 4.04. The molecule has 144 valence electrons. The number of nitrogens with zero attached hydrogens (tertiary/aromatic N) is 5. The Bertz CT molecular complexity index is 838. The third-order valence-corrected chi connectivity index (χ3v) is 4.86. The Morgan fingerprint density at radius 1 is 0.750 bits per heavy atom. The molecule has 0 saturated carbocycles. The zero-order chi connectivity index (χ0) is 19.2. The van der Waals surface area contributed by atoms with Crippen LogP contribution in [-0.2, 0) is 0 Å². The molecule has 0 aliphatic carbocycles. The Morgan fingerprint density at radius 3 is 1.86 bits per heavy atom. The molecule has 1 aromatic heterocycles. The maximum Gasteiger partial charge on any atom is 0.243 e. The molecule has 0 unspecified atom stereocenters. The average Bonchev–Trinajstić information content (AvgIpc) is 3.05. The molecular weight excluding hydrogens is 350 g/mol. The normalized spacial score (nSPS) is 14.4. The third-order valence-electron chi connectivity index (χ3n) is 4.86. The van der Waals surface area contributed by atoms with Crippen LogP contribution in [0.1, 0.15) is 25.7 Å². The molecule has 0 bridgehead atoms. The summed E-state index contributed by atoms with van der Waals surface area (Å²) in [6.45, 7) is 1.90. The van der Waals surface area contributed by atoms with E-state index in [1.807, 2.05) is 65.6 Å². The van der Waals surface area contributed by atoms with Gasteiger partial charge in [-0.1, -0.05) is 49.2 Å². The Balaban J connectivity index is 1.80. The van der Waals surface area contributed by atoms with Gasteiger partial charge >= 0.3 is 0 Å². The van der Waals surface area contributed by atoms with Gasteiger partial charge in [0.25, 0.3) is 0 Å².